The molecular weight excluding hydrogens is 256 g/mol. The first-order chi connectivity index (χ1) is 9.56. The number of primary amides is 1. The van der Waals surface area contributed by atoms with Crippen molar-refractivity contribution in [3.63, 3.8) is 0 Å². The summed E-state index contributed by atoms with van der Waals surface area (Å²) in [5.41, 5.74) is 6.60. The number of hydrogen-bond acceptors (Lipinski definition) is 3. The van der Waals surface area contributed by atoms with Crippen molar-refractivity contribution in [2.45, 2.75) is 38.3 Å². The van der Waals surface area contributed by atoms with Gasteiger partial charge < -0.3 is 10.8 Å². The number of nitrogens with two attached hydrogens (primary N) is 1. The lowest BCUT2D eigenvalue weighted by Crippen LogP contribution is -2.39. The molecule has 0 unspecified atom stereocenters. The zero-order chi connectivity index (χ0) is 14.5. The molecule has 5 heteroatoms. The summed E-state index contributed by atoms with van der Waals surface area (Å²) in [7, 11) is 0. The quantitative estimate of drug-likeness (QED) is 0.827. The Kier molecular flexibility index (Phi) is 4.74. The fraction of sp³-hybridized carbons (Fsp3) is 0.467. The highest BCUT2D eigenvalue weighted by Crippen LogP contribution is 2.24. The van der Waals surface area contributed by atoms with Crippen LogP contribution in [0.15, 0.2) is 24.3 Å². The lowest BCUT2D eigenvalue weighted by molar-refractivity contribution is -0.119. The molecule has 2 rings (SSSR count). The molecule has 3 N–H and O–H groups in total. The Balaban J connectivity index is 2.06. The number of nitrogens with zero attached hydrogens (tertiary/aromatic N) is 1. The van der Waals surface area contributed by atoms with Crippen molar-refractivity contribution < 1.29 is 14.7 Å². The van der Waals surface area contributed by atoms with Gasteiger partial charge in [0.05, 0.1) is 12.1 Å². The standard InChI is InChI=1S/C15H20N2O3/c16-14(18)10-17(13-3-1-2-4-13)9-11-5-7-12(8-6-11)15(19)20/h5-8,13H,1-4,9-10H2,(H2,16,18)(H,19,20). The van der Waals surface area contributed by atoms with Crippen molar-refractivity contribution in [2.24, 2.45) is 5.73 Å². The van der Waals surface area contributed by atoms with Crippen molar-refractivity contribution in [1.29, 1.82) is 0 Å². The van der Waals surface area contributed by atoms with Gasteiger partial charge in [0.1, 0.15) is 0 Å². The van der Waals surface area contributed by atoms with Gasteiger partial charge in [-0.15, -0.1) is 0 Å². The fourth-order valence-electron chi connectivity index (χ4n) is 2.77. The molecule has 0 aliphatic heterocycles. The molecule has 0 aromatic heterocycles. The molecule has 0 saturated heterocycles. The van der Waals surface area contributed by atoms with E-state index >= 15 is 0 Å². The van der Waals surface area contributed by atoms with Gasteiger partial charge in [0.25, 0.3) is 0 Å². The van der Waals surface area contributed by atoms with Crippen LogP contribution in [-0.4, -0.2) is 34.5 Å². The molecule has 1 saturated carbocycles. The third kappa shape index (κ3) is 3.81. The molecule has 1 amide bonds. The number of carboxylic acids is 1. The van der Waals surface area contributed by atoms with Crippen LogP contribution in [0.5, 0.6) is 0 Å². The molecule has 0 radical (unpaired) electrons. The summed E-state index contributed by atoms with van der Waals surface area (Å²) in [4.78, 5) is 24.1. The molecule has 0 bridgehead atoms. The Morgan fingerprint density at radius 3 is 2.30 bits per heavy atom. The predicted molar refractivity (Wildman–Crippen MR) is 75.3 cm³/mol. The highest BCUT2D eigenvalue weighted by Gasteiger charge is 2.23. The van der Waals surface area contributed by atoms with Gasteiger partial charge in [-0.1, -0.05) is 25.0 Å². The van der Waals surface area contributed by atoms with E-state index in [9.17, 15) is 9.59 Å². The molecule has 5 nitrogen and oxygen atoms in total. The summed E-state index contributed by atoms with van der Waals surface area (Å²) in [5, 5.41) is 8.88. The summed E-state index contributed by atoms with van der Waals surface area (Å²) in [6.45, 7) is 0.888. The minimum Gasteiger partial charge on any atom is -0.478 e. The Morgan fingerprint density at radius 2 is 1.80 bits per heavy atom. The van der Waals surface area contributed by atoms with Crippen LogP contribution in [0.1, 0.15) is 41.6 Å². The minimum absolute atomic E-state index is 0.255. The van der Waals surface area contributed by atoms with Crippen LogP contribution >= 0.6 is 0 Å². The minimum atomic E-state index is -0.929. The van der Waals surface area contributed by atoms with E-state index in [0.717, 1.165) is 18.4 Å². The third-order valence-corrected chi connectivity index (χ3v) is 3.79. The first-order valence-corrected chi connectivity index (χ1v) is 6.91. The van der Waals surface area contributed by atoms with Crippen LogP contribution in [-0.2, 0) is 11.3 Å². The topological polar surface area (TPSA) is 83.6 Å². The van der Waals surface area contributed by atoms with Gasteiger partial charge in [-0.05, 0) is 30.5 Å². The molecule has 0 atom stereocenters. The van der Waals surface area contributed by atoms with E-state index in [1.54, 1.807) is 24.3 Å². The van der Waals surface area contributed by atoms with Gasteiger partial charge in [0.2, 0.25) is 5.91 Å². The SMILES string of the molecule is NC(=O)CN(Cc1ccc(C(=O)O)cc1)C1CCCC1. The van der Waals surface area contributed by atoms with Gasteiger partial charge in [0, 0.05) is 12.6 Å². The Morgan fingerprint density at radius 1 is 1.20 bits per heavy atom. The molecule has 1 aromatic carbocycles. The van der Waals surface area contributed by atoms with Crippen molar-refractivity contribution in [1.82, 2.24) is 4.90 Å². The second-order valence-electron chi connectivity index (χ2n) is 5.31. The summed E-state index contributed by atoms with van der Waals surface area (Å²) in [5.74, 6) is -1.25. The van der Waals surface area contributed by atoms with Gasteiger partial charge in [-0.2, -0.15) is 0 Å². The second-order valence-corrected chi connectivity index (χ2v) is 5.31. The third-order valence-electron chi connectivity index (χ3n) is 3.79. The number of amides is 1. The number of rotatable bonds is 6. The van der Waals surface area contributed by atoms with Gasteiger partial charge >= 0.3 is 5.97 Å². The van der Waals surface area contributed by atoms with Crippen LogP contribution in [0, 0.1) is 0 Å². The lowest BCUT2D eigenvalue weighted by Gasteiger charge is -2.27. The second kappa shape index (κ2) is 6.52. The van der Waals surface area contributed by atoms with E-state index in [-0.39, 0.29) is 18.0 Å². The number of hydrogen-bond donors (Lipinski definition) is 2. The smallest absolute Gasteiger partial charge is 0.335 e. The van der Waals surface area contributed by atoms with Gasteiger partial charge in [0.15, 0.2) is 0 Å². The lowest BCUT2D eigenvalue weighted by atomic mass is 10.1. The Labute approximate surface area is 118 Å². The Hall–Kier alpha value is -1.88. The van der Waals surface area contributed by atoms with E-state index in [1.165, 1.54) is 12.8 Å². The summed E-state index contributed by atoms with van der Waals surface area (Å²) in [6.07, 6.45) is 4.58. The van der Waals surface area contributed by atoms with Crippen molar-refractivity contribution in [2.75, 3.05) is 6.54 Å². The van der Waals surface area contributed by atoms with Crippen LogP contribution in [0.3, 0.4) is 0 Å². The van der Waals surface area contributed by atoms with Crippen LogP contribution in [0.4, 0.5) is 0 Å². The first-order valence-electron chi connectivity index (χ1n) is 6.91. The average Bonchev–Trinajstić information content (AvgIpc) is 2.92. The highest BCUT2D eigenvalue weighted by atomic mass is 16.4. The molecule has 0 heterocycles. The number of carbonyl (C=O) groups is 2. The average molecular weight is 276 g/mol. The number of carbonyl (C=O) groups excluding carboxylic acids is 1. The zero-order valence-corrected chi connectivity index (χ0v) is 11.4. The van der Waals surface area contributed by atoms with E-state index in [2.05, 4.69) is 4.90 Å². The molecule has 1 aromatic rings. The van der Waals surface area contributed by atoms with E-state index in [1.807, 2.05) is 0 Å². The van der Waals surface area contributed by atoms with E-state index in [0.29, 0.717) is 12.6 Å². The van der Waals surface area contributed by atoms with Crippen LogP contribution in [0.25, 0.3) is 0 Å². The van der Waals surface area contributed by atoms with Crippen LogP contribution in [0.2, 0.25) is 0 Å². The maximum absolute atomic E-state index is 11.2. The molecule has 108 valence electrons. The summed E-state index contributed by atoms with van der Waals surface area (Å²) < 4.78 is 0. The van der Waals surface area contributed by atoms with Crippen molar-refractivity contribution in [3.05, 3.63) is 35.4 Å². The van der Waals surface area contributed by atoms with Crippen LogP contribution < -0.4 is 5.73 Å². The van der Waals surface area contributed by atoms with E-state index < -0.39 is 5.97 Å². The summed E-state index contributed by atoms with van der Waals surface area (Å²) in [6, 6.07) is 7.18. The molecule has 1 aliphatic carbocycles. The van der Waals surface area contributed by atoms with Crippen molar-refractivity contribution in [3.8, 4) is 0 Å². The number of carboxylic acid groups (broad SMARTS) is 1. The van der Waals surface area contributed by atoms with Crippen molar-refractivity contribution >= 4 is 11.9 Å². The number of aromatic carboxylic acids is 1. The predicted octanol–water partition coefficient (Wildman–Crippen LogP) is 1.61. The monoisotopic (exact) mass is 276 g/mol. The molecule has 1 aliphatic rings. The molecular formula is C15H20N2O3. The molecule has 0 spiro atoms. The molecule has 1 fully saturated rings. The maximum atomic E-state index is 11.2. The van der Waals surface area contributed by atoms with E-state index in [4.69, 9.17) is 10.8 Å². The molecule has 20 heavy (non-hydrogen) atoms. The number of benzene rings is 1. The maximum Gasteiger partial charge on any atom is 0.335 e. The highest BCUT2D eigenvalue weighted by molar-refractivity contribution is 5.87. The summed E-state index contributed by atoms with van der Waals surface area (Å²) >= 11 is 0. The fourth-order valence-corrected chi connectivity index (χ4v) is 2.77. The first kappa shape index (κ1) is 14.5. The van der Waals surface area contributed by atoms with Gasteiger partial charge in [-0.3, -0.25) is 9.69 Å². The normalized spacial score (nSPS) is 15.7. The largest absolute Gasteiger partial charge is 0.478 e. The zero-order valence-electron chi connectivity index (χ0n) is 11.4. The van der Waals surface area contributed by atoms with Gasteiger partial charge in [-0.25, -0.2) is 4.79 Å². The Bertz CT molecular complexity index is 478.